The standard InChI is InChI=1S/C13H13ClN2O3/c1-8-2-10(16-19-8)6-15-5-9-3-11(14)13-12(4-9)17-7-18-13/h2-4,15H,5-7H2,1H3. The largest absolute Gasteiger partial charge is 0.454 e. The third-order valence-electron chi connectivity index (χ3n) is 2.80. The maximum atomic E-state index is 6.11. The number of ether oxygens (including phenoxy) is 2. The van der Waals surface area contributed by atoms with Crippen molar-refractivity contribution in [3.63, 3.8) is 0 Å². The molecule has 0 aliphatic carbocycles. The van der Waals surface area contributed by atoms with E-state index in [0.29, 0.717) is 29.6 Å². The number of hydrogen-bond acceptors (Lipinski definition) is 5. The maximum Gasteiger partial charge on any atom is 0.231 e. The van der Waals surface area contributed by atoms with E-state index < -0.39 is 0 Å². The molecule has 1 N–H and O–H groups in total. The molecule has 100 valence electrons. The summed E-state index contributed by atoms with van der Waals surface area (Å²) in [4.78, 5) is 0. The Kier molecular flexibility index (Phi) is 3.31. The minimum Gasteiger partial charge on any atom is -0.454 e. The second-order valence-electron chi connectivity index (χ2n) is 4.34. The molecule has 0 saturated heterocycles. The summed E-state index contributed by atoms with van der Waals surface area (Å²) in [5.41, 5.74) is 1.92. The highest BCUT2D eigenvalue weighted by Crippen LogP contribution is 2.39. The number of nitrogens with zero attached hydrogens (tertiary/aromatic N) is 1. The fraction of sp³-hybridized carbons (Fsp3) is 0.308. The van der Waals surface area contributed by atoms with Crippen LogP contribution in [0.15, 0.2) is 22.7 Å². The van der Waals surface area contributed by atoms with Crippen LogP contribution in [0, 0.1) is 6.92 Å². The van der Waals surface area contributed by atoms with Crippen LogP contribution in [0.3, 0.4) is 0 Å². The molecule has 3 rings (SSSR count). The lowest BCUT2D eigenvalue weighted by Crippen LogP contribution is -2.12. The van der Waals surface area contributed by atoms with E-state index in [1.54, 1.807) is 0 Å². The highest BCUT2D eigenvalue weighted by atomic mass is 35.5. The van der Waals surface area contributed by atoms with Gasteiger partial charge in [-0.1, -0.05) is 16.8 Å². The smallest absolute Gasteiger partial charge is 0.231 e. The lowest BCUT2D eigenvalue weighted by Gasteiger charge is -2.05. The Balaban J connectivity index is 1.63. The van der Waals surface area contributed by atoms with Crippen LogP contribution in [0.5, 0.6) is 11.5 Å². The molecule has 1 aromatic carbocycles. The highest BCUT2D eigenvalue weighted by Gasteiger charge is 2.18. The normalized spacial score (nSPS) is 12.9. The van der Waals surface area contributed by atoms with Gasteiger partial charge in [-0.15, -0.1) is 0 Å². The number of hydrogen-bond donors (Lipinski definition) is 1. The first-order valence-electron chi connectivity index (χ1n) is 5.93. The van der Waals surface area contributed by atoms with Gasteiger partial charge in [0, 0.05) is 19.2 Å². The molecular weight excluding hydrogens is 268 g/mol. The zero-order chi connectivity index (χ0) is 13.2. The molecule has 0 amide bonds. The van der Waals surface area contributed by atoms with E-state index in [2.05, 4.69) is 10.5 Å². The lowest BCUT2D eigenvalue weighted by molar-refractivity contribution is 0.174. The number of halogens is 1. The molecule has 19 heavy (non-hydrogen) atoms. The second kappa shape index (κ2) is 5.11. The van der Waals surface area contributed by atoms with E-state index in [-0.39, 0.29) is 6.79 Å². The molecule has 2 aromatic rings. The van der Waals surface area contributed by atoms with Crippen LogP contribution in [0.1, 0.15) is 17.0 Å². The Hall–Kier alpha value is -1.72. The molecule has 2 heterocycles. The van der Waals surface area contributed by atoms with Crippen molar-refractivity contribution in [1.29, 1.82) is 0 Å². The van der Waals surface area contributed by atoms with Gasteiger partial charge >= 0.3 is 0 Å². The van der Waals surface area contributed by atoms with Crippen LogP contribution in [-0.4, -0.2) is 11.9 Å². The van der Waals surface area contributed by atoms with Crippen LogP contribution in [0.4, 0.5) is 0 Å². The molecule has 0 unspecified atom stereocenters. The summed E-state index contributed by atoms with van der Waals surface area (Å²) in [6, 6.07) is 5.70. The molecule has 1 aliphatic heterocycles. The number of nitrogens with one attached hydrogen (secondary N) is 1. The summed E-state index contributed by atoms with van der Waals surface area (Å²) in [6.45, 7) is 3.41. The van der Waals surface area contributed by atoms with Crippen LogP contribution >= 0.6 is 11.6 Å². The van der Waals surface area contributed by atoms with Gasteiger partial charge in [0.05, 0.1) is 10.7 Å². The van der Waals surface area contributed by atoms with E-state index in [1.807, 2.05) is 25.1 Å². The molecular formula is C13H13ClN2O3. The van der Waals surface area contributed by atoms with E-state index in [4.69, 9.17) is 25.6 Å². The van der Waals surface area contributed by atoms with E-state index >= 15 is 0 Å². The highest BCUT2D eigenvalue weighted by molar-refractivity contribution is 6.32. The van der Waals surface area contributed by atoms with Crippen LogP contribution in [0.2, 0.25) is 5.02 Å². The molecule has 0 radical (unpaired) electrons. The third-order valence-corrected chi connectivity index (χ3v) is 3.08. The molecule has 6 heteroatoms. The average molecular weight is 281 g/mol. The van der Waals surface area contributed by atoms with Gasteiger partial charge in [-0.2, -0.15) is 0 Å². The summed E-state index contributed by atoms with van der Waals surface area (Å²) in [7, 11) is 0. The first-order valence-corrected chi connectivity index (χ1v) is 6.31. The van der Waals surface area contributed by atoms with Gasteiger partial charge < -0.3 is 19.3 Å². The predicted octanol–water partition coefficient (Wildman–Crippen LogP) is 2.65. The molecule has 5 nitrogen and oxygen atoms in total. The van der Waals surface area contributed by atoms with Gasteiger partial charge in [0.15, 0.2) is 11.5 Å². The Bertz CT molecular complexity index is 598. The zero-order valence-electron chi connectivity index (χ0n) is 10.4. The minimum atomic E-state index is 0.226. The third kappa shape index (κ3) is 2.67. The Morgan fingerprint density at radius 2 is 2.16 bits per heavy atom. The van der Waals surface area contributed by atoms with Crippen molar-refractivity contribution in [1.82, 2.24) is 10.5 Å². The summed E-state index contributed by atoms with van der Waals surface area (Å²) in [6.07, 6.45) is 0. The molecule has 0 fully saturated rings. The number of aromatic nitrogens is 1. The predicted molar refractivity (Wildman–Crippen MR) is 69.4 cm³/mol. The monoisotopic (exact) mass is 280 g/mol. The number of fused-ring (bicyclic) bond motifs is 1. The SMILES string of the molecule is Cc1cc(CNCc2cc(Cl)c3c(c2)OCO3)no1. The van der Waals surface area contributed by atoms with Gasteiger partial charge in [-0.25, -0.2) is 0 Å². The Morgan fingerprint density at radius 1 is 1.26 bits per heavy atom. The lowest BCUT2D eigenvalue weighted by atomic mass is 10.2. The summed E-state index contributed by atoms with van der Waals surface area (Å²) in [5.74, 6) is 2.13. The molecule has 1 aliphatic rings. The van der Waals surface area contributed by atoms with Crippen molar-refractivity contribution in [3.05, 3.63) is 40.2 Å². The average Bonchev–Trinajstić information content (AvgIpc) is 2.98. The van der Waals surface area contributed by atoms with Crippen molar-refractivity contribution in [2.75, 3.05) is 6.79 Å². The van der Waals surface area contributed by atoms with Crippen molar-refractivity contribution >= 4 is 11.6 Å². The van der Waals surface area contributed by atoms with Crippen molar-refractivity contribution < 1.29 is 14.0 Å². The number of benzene rings is 1. The maximum absolute atomic E-state index is 6.11. The van der Waals surface area contributed by atoms with E-state index in [9.17, 15) is 0 Å². The molecule has 0 bridgehead atoms. The van der Waals surface area contributed by atoms with Gasteiger partial charge in [0.25, 0.3) is 0 Å². The zero-order valence-corrected chi connectivity index (χ0v) is 11.2. The summed E-state index contributed by atoms with van der Waals surface area (Å²) < 4.78 is 15.6. The van der Waals surface area contributed by atoms with E-state index in [1.165, 1.54) is 0 Å². The minimum absolute atomic E-state index is 0.226. The van der Waals surface area contributed by atoms with Crippen LogP contribution in [0.25, 0.3) is 0 Å². The quantitative estimate of drug-likeness (QED) is 0.933. The van der Waals surface area contributed by atoms with Crippen LogP contribution in [-0.2, 0) is 13.1 Å². The summed E-state index contributed by atoms with van der Waals surface area (Å²) in [5, 5.41) is 7.76. The topological polar surface area (TPSA) is 56.5 Å². The molecule has 0 saturated carbocycles. The Labute approximate surface area is 115 Å². The molecule has 0 spiro atoms. The van der Waals surface area contributed by atoms with Gasteiger partial charge in [-0.3, -0.25) is 0 Å². The first kappa shape index (κ1) is 12.3. The van der Waals surface area contributed by atoms with Crippen molar-refractivity contribution in [2.24, 2.45) is 0 Å². The van der Waals surface area contributed by atoms with Gasteiger partial charge in [0.1, 0.15) is 5.76 Å². The van der Waals surface area contributed by atoms with Crippen molar-refractivity contribution in [2.45, 2.75) is 20.0 Å². The van der Waals surface area contributed by atoms with Crippen LogP contribution < -0.4 is 14.8 Å². The molecule has 1 aromatic heterocycles. The first-order chi connectivity index (χ1) is 9.22. The van der Waals surface area contributed by atoms with E-state index in [0.717, 1.165) is 17.0 Å². The number of aryl methyl sites for hydroxylation is 1. The summed E-state index contributed by atoms with van der Waals surface area (Å²) >= 11 is 6.11. The number of rotatable bonds is 4. The Morgan fingerprint density at radius 3 is 2.95 bits per heavy atom. The second-order valence-corrected chi connectivity index (χ2v) is 4.75. The molecule has 0 atom stereocenters. The van der Waals surface area contributed by atoms with Crippen molar-refractivity contribution in [3.8, 4) is 11.5 Å². The van der Waals surface area contributed by atoms with Gasteiger partial charge in [-0.05, 0) is 24.6 Å². The van der Waals surface area contributed by atoms with Gasteiger partial charge in [0.2, 0.25) is 6.79 Å². The fourth-order valence-corrected chi connectivity index (χ4v) is 2.25. The fourth-order valence-electron chi connectivity index (χ4n) is 1.96.